The number of amides is 3. The molecule has 0 spiro atoms. The third-order valence-corrected chi connectivity index (χ3v) is 5.19. The molecule has 0 saturated carbocycles. The fourth-order valence-electron chi connectivity index (χ4n) is 3.29. The molecule has 7 heteroatoms. The van der Waals surface area contributed by atoms with Gasteiger partial charge in [-0.3, -0.25) is 19.3 Å². The molecule has 0 aliphatic carbocycles. The van der Waals surface area contributed by atoms with Gasteiger partial charge in [0.25, 0.3) is 11.8 Å². The summed E-state index contributed by atoms with van der Waals surface area (Å²) in [6, 6.07) is 11.9. The molecule has 1 heterocycles. The maximum absolute atomic E-state index is 12.5. The Labute approximate surface area is 174 Å². The summed E-state index contributed by atoms with van der Waals surface area (Å²) in [5.41, 5.74) is 2.59. The molecular formula is C22H22ClN3O3. The van der Waals surface area contributed by atoms with Gasteiger partial charge in [0, 0.05) is 35.6 Å². The van der Waals surface area contributed by atoms with Crippen LogP contribution in [0.25, 0.3) is 5.70 Å². The number of nitrogens with one attached hydrogen (secondary N) is 1. The van der Waals surface area contributed by atoms with Crippen LogP contribution in [0.15, 0.2) is 49.0 Å². The van der Waals surface area contributed by atoms with Gasteiger partial charge in [0.05, 0.1) is 10.6 Å². The van der Waals surface area contributed by atoms with Crippen molar-refractivity contribution in [2.75, 3.05) is 25.0 Å². The zero-order valence-corrected chi connectivity index (χ0v) is 17.1. The number of fused-ring (bicyclic) bond motifs is 1. The summed E-state index contributed by atoms with van der Waals surface area (Å²) in [6.07, 6.45) is 0. The number of carbonyl (C=O) groups excluding carboxylic acids is 3. The van der Waals surface area contributed by atoms with Gasteiger partial charge in [-0.2, -0.15) is 0 Å². The molecule has 0 aromatic heterocycles. The molecule has 6 nitrogen and oxygen atoms in total. The Morgan fingerprint density at radius 1 is 1.10 bits per heavy atom. The number of benzene rings is 2. The van der Waals surface area contributed by atoms with Crippen LogP contribution in [-0.4, -0.2) is 47.2 Å². The van der Waals surface area contributed by atoms with Gasteiger partial charge in [0.1, 0.15) is 6.54 Å². The number of halogens is 1. The van der Waals surface area contributed by atoms with E-state index in [2.05, 4.69) is 11.9 Å². The third-order valence-electron chi connectivity index (χ3n) is 4.87. The van der Waals surface area contributed by atoms with E-state index in [0.717, 1.165) is 5.56 Å². The van der Waals surface area contributed by atoms with Crippen LogP contribution in [0.5, 0.6) is 0 Å². The Balaban J connectivity index is 1.69. The Bertz CT molecular complexity index is 964. The lowest BCUT2D eigenvalue weighted by Crippen LogP contribution is -2.33. The van der Waals surface area contributed by atoms with Gasteiger partial charge < -0.3 is 10.2 Å². The summed E-state index contributed by atoms with van der Waals surface area (Å²) in [5, 5.41) is 2.98. The average molecular weight is 412 g/mol. The summed E-state index contributed by atoms with van der Waals surface area (Å²) in [5.74, 6) is -0.792. The molecule has 150 valence electrons. The maximum Gasteiger partial charge on any atom is 0.259 e. The molecule has 0 bridgehead atoms. The Morgan fingerprint density at radius 3 is 2.34 bits per heavy atom. The standard InChI is InChI=1S/C22H22ClN3O3/c1-4-25(5-2)21(28)18-11-10-15(12-19(18)23)24-20(27)13-26-14(3)16-8-6-7-9-17(16)22(26)29/h6-12H,3-5,13H2,1-2H3,(H,24,27). The van der Waals surface area contributed by atoms with E-state index in [9.17, 15) is 14.4 Å². The van der Waals surface area contributed by atoms with E-state index in [1.807, 2.05) is 19.9 Å². The molecule has 2 aromatic carbocycles. The van der Waals surface area contributed by atoms with Gasteiger partial charge in [0.15, 0.2) is 0 Å². The second kappa shape index (κ2) is 8.49. The minimum atomic E-state index is -0.383. The van der Waals surface area contributed by atoms with E-state index in [0.29, 0.717) is 35.6 Å². The molecular weight excluding hydrogens is 390 g/mol. The minimum absolute atomic E-state index is 0.158. The van der Waals surface area contributed by atoms with Crippen molar-refractivity contribution in [3.05, 3.63) is 70.8 Å². The van der Waals surface area contributed by atoms with Crippen molar-refractivity contribution in [3.63, 3.8) is 0 Å². The quantitative estimate of drug-likeness (QED) is 0.784. The van der Waals surface area contributed by atoms with Crippen LogP contribution in [0.4, 0.5) is 5.69 Å². The van der Waals surface area contributed by atoms with Gasteiger partial charge in [-0.05, 0) is 38.1 Å². The summed E-state index contributed by atoms with van der Waals surface area (Å²) in [4.78, 5) is 40.5. The Morgan fingerprint density at radius 2 is 1.76 bits per heavy atom. The number of nitrogens with zero attached hydrogens (tertiary/aromatic N) is 2. The lowest BCUT2D eigenvalue weighted by atomic mass is 10.1. The first-order valence-corrected chi connectivity index (χ1v) is 9.74. The van der Waals surface area contributed by atoms with Crippen molar-refractivity contribution >= 4 is 40.7 Å². The highest BCUT2D eigenvalue weighted by Gasteiger charge is 2.31. The van der Waals surface area contributed by atoms with Gasteiger partial charge in [-0.15, -0.1) is 0 Å². The lowest BCUT2D eigenvalue weighted by Gasteiger charge is -2.20. The van der Waals surface area contributed by atoms with Crippen LogP contribution in [0, 0.1) is 0 Å². The number of anilines is 1. The number of hydrogen-bond donors (Lipinski definition) is 1. The van der Waals surface area contributed by atoms with E-state index in [4.69, 9.17) is 11.6 Å². The van der Waals surface area contributed by atoms with Crippen molar-refractivity contribution in [2.24, 2.45) is 0 Å². The molecule has 0 unspecified atom stereocenters. The molecule has 1 aliphatic rings. The topological polar surface area (TPSA) is 69.7 Å². The van der Waals surface area contributed by atoms with E-state index in [1.54, 1.807) is 35.2 Å². The van der Waals surface area contributed by atoms with Crippen molar-refractivity contribution in [1.82, 2.24) is 9.80 Å². The predicted octanol–water partition coefficient (Wildman–Crippen LogP) is 3.89. The van der Waals surface area contributed by atoms with Crippen LogP contribution in [0.3, 0.4) is 0 Å². The zero-order valence-electron chi connectivity index (χ0n) is 16.4. The molecule has 29 heavy (non-hydrogen) atoms. The van der Waals surface area contributed by atoms with Crippen molar-refractivity contribution < 1.29 is 14.4 Å². The van der Waals surface area contributed by atoms with E-state index in [1.165, 1.54) is 11.0 Å². The summed E-state index contributed by atoms with van der Waals surface area (Å²) >= 11 is 6.27. The van der Waals surface area contributed by atoms with E-state index in [-0.39, 0.29) is 29.3 Å². The smallest absolute Gasteiger partial charge is 0.259 e. The number of carbonyl (C=O) groups is 3. The van der Waals surface area contributed by atoms with E-state index < -0.39 is 0 Å². The Kier molecular flexibility index (Phi) is 6.03. The van der Waals surface area contributed by atoms with Crippen LogP contribution < -0.4 is 5.32 Å². The van der Waals surface area contributed by atoms with Gasteiger partial charge in [-0.1, -0.05) is 36.4 Å². The monoisotopic (exact) mass is 411 g/mol. The SMILES string of the molecule is C=C1c2ccccc2C(=O)N1CC(=O)Nc1ccc(C(=O)N(CC)CC)c(Cl)c1. The molecule has 1 aliphatic heterocycles. The highest BCUT2D eigenvalue weighted by atomic mass is 35.5. The largest absolute Gasteiger partial charge is 0.339 e. The van der Waals surface area contributed by atoms with Crippen LogP contribution in [-0.2, 0) is 4.79 Å². The zero-order chi connectivity index (χ0) is 21.1. The normalized spacial score (nSPS) is 12.7. The van der Waals surface area contributed by atoms with Crippen LogP contribution in [0.2, 0.25) is 5.02 Å². The molecule has 2 aromatic rings. The van der Waals surface area contributed by atoms with Crippen molar-refractivity contribution in [2.45, 2.75) is 13.8 Å². The van der Waals surface area contributed by atoms with Crippen molar-refractivity contribution in [1.29, 1.82) is 0 Å². The maximum atomic E-state index is 12.5. The molecule has 0 fully saturated rings. The average Bonchev–Trinajstić information content (AvgIpc) is 2.94. The molecule has 3 amide bonds. The number of hydrogen-bond acceptors (Lipinski definition) is 3. The lowest BCUT2D eigenvalue weighted by molar-refractivity contribution is -0.116. The Hall–Kier alpha value is -3.12. The fourth-order valence-corrected chi connectivity index (χ4v) is 3.55. The van der Waals surface area contributed by atoms with Crippen LogP contribution >= 0.6 is 11.6 Å². The highest BCUT2D eigenvalue weighted by Crippen LogP contribution is 2.31. The molecule has 0 atom stereocenters. The van der Waals surface area contributed by atoms with Gasteiger partial charge in [0.2, 0.25) is 5.91 Å². The summed E-state index contributed by atoms with van der Waals surface area (Å²) < 4.78 is 0. The summed E-state index contributed by atoms with van der Waals surface area (Å²) in [6.45, 7) is 8.73. The molecule has 3 rings (SSSR count). The summed E-state index contributed by atoms with van der Waals surface area (Å²) in [7, 11) is 0. The third kappa shape index (κ3) is 4.03. The first kappa shape index (κ1) is 20.6. The minimum Gasteiger partial charge on any atom is -0.339 e. The highest BCUT2D eigenvalue weighted by molar-refractivity contribution is 6.34. The fraction of sp³-hybridized carbons (Fsp3) is 0.227. The first-order chi connectivity index (χ1) is 13.9. The molecule has 0 radical (unpaired) electrons. The van der Waals surface area contributed by atoms with Gasteiger partial charge in [-0.25, -0.2) is 0 Å². The second-order valence-electron chi connectivity index (χ2n) is 6.60. The van der Waals surface area contributed by atoms with Crippen LogP contribution in [0.1, 0.15) is 40.1 Å². The number of rotatable bonds is 6. The van der Waals surface area contributed by atoms with Gasteiger partial charge >= 0.3 is 0 Å². The predicted molar refractivity (Wildman–Crippen MR) is 114 cm³/mol. The van der Waals surface area contributed by atoms with E-state index >= 15 is 0 Å². The second-order valence-corrected chi connectivity index (χ2v) is 7.01. The van der Waals surface area contributed by atoms with Crippen molar-refractivity contribution in [3.8, 4) is 0 Å². The first-order valence-electron chi connectivity index (χ1n) is 9.36. The molecule has 0 saturated heterocycles. The molecule has 1 N–H and O–H groups in total.